The minimum absolute atomic E-state index is 0.0466. The summed E-state index contributed by atoms with van der Waals surface area (Å²) in [6, 6.07) is 7.69. The summed E-state index contributed by atoms with van der Waals surface area (Å²) in [7, 11) is 0. The van der Waals surface area contributed by atoms with Gasteiger partial charge in [-0.25, -0.2) is 4.98 Å². The molecule has 3 rings (SSSR count). The minimum Gasteiger partial charge on any atom is -0.312 e. The highest BCUT2D eigenvalue weighted by atomic mass is 35.5. The smallest absolute Gasteiger partial charge is 0.312 e. The summed E-state index contributed by atoms with van der Waals surface area (Å²) in [5.74, 6) is -0.941. The second-order valence-corrected chi connectivity index (χ2v) is 6.35. The molecule has 1 aromatic carbocycles. The molecule has 0 bridgehead atoms. The molecule has 3 aromatic rings. The first-order valence-electron chi connectivity index (χ1n) is 8.11. The number of hydrazine groups is 1. The fourth-order valence-electron chi connectivity index (χ4n) is 2.47. The summed E-state index contributed by atoms with van der Waals surface area (Å²) < 4.78 is 77.3. The summed E-state index contributed by atoms with van der Waals surface area (Å²) in [4.78, 5) is 15.9. The largest absolute Gasteiger partial charge is 0.417 e. The monoisotopic (exact) mass is 448 g/mol. The molecule has 2 N–H and O–H groups in total. The molecule has 158 valence electrons. The van der Waals surface area contributed by atoms with Gasteiger partial charge >= 0.3 is 12.4 Å². The molecule has 12 heteroatoms. The van der Waals surface area contributed by atoms with Gasteiger partial charge in [-0.15, -0.1) is 0 Å². The number of amides is 1. The van der Waals surface area contributed by atoms with Crippen molar-refractivity contribution in [1.29, 1.82) is 0 Å². The first kappa shape index (κ1) is 21.5. The predicted octanol–water partition coefficient (Wildman–Crippen LogP) is 5.32. The highest BCUT2D eigenvalue weighted by Gasteiger charge is 2.32. The van der Waals surface area contributed by atoms with Gasteiger partial charge in [-0.2, -0.15) is 26.3 Å². The molecule has 1 amide bonds. The molecule has 0 fully saturated rings. The Morgan fingerprint density at radius 1 is 0.967 bits per heavy atom. The Morgan fingerprint density at radius 3 is 2.17 bits per heavy atom. The van der Waals surface area contributed by atoms with Crippen LogP contribution in [0.15, 0.2) is 54.9 Å². The molecule has 5 nitrogen and oxygen atoms in total. The van der Waals surface area contributed by atoms with Gasteiger partial charge in [-0.05, 0) is 42.5 Å². The van der Waals surface area contributed by atoms with E-state index >= 15 is 0 Å². The number of rotatable bonds is 4. The van der Waals surface area contributed by atoms with Crippen LogP contribution in [-0.4, -0.2) is 15.5 Å². The number of hydrogen-bond donors (Lipinski definition) is 2. The third-order valence-corrected chi connectivity index (χ3v) is 4.21. The molecule has 30 heavy (non-hydrogen) atoms. The van der Waals surface area contributed by atoms with Crippen molar-refractivity contribution >= 4 is 23.3 Å². The molecule has 0 saturated heterocycles. The van der Waals surface area contributed by atoms with Crippen LogP contribution in [0, 0.1) is 0 Å². The zero-order chi connectivity index (χ0) is 22.1. The van der Waals surface area contributed by atoms with Crippen molar-refractivity contribution in [3.05, 3.63) is 76.7 Å². The van der Waals surface area contributed by atoms with Crippen molar-refractivity contribution in [3.63, 3.8) is 0 Å². The molecule has 2 heterocycles. The number of benzene rings is 1. The SMILES string of the molecule is O=C(NNc1ncc(C(F)(F)F)cc1Cl)c1cccn1-c1ccc(C(F)(F)F)cc1. The average molecular weight is 449 g/mol. The van der Waals surface area contributed by atoms with Crippen molar-refractivity contribution < 1.29 is 31.1 Å². The molecule has 0 aliphatic rings. The number of aromatic nitrogens is 2. The second kappa shape index (κ2) is 7.90. The van der Waals surface area contributed by atoms with Crippen molar-refractivity contribution in [2.24, 2.45) is 0 Å². The number of alkyl halides is 6. The molecule has 0 aliphatic carbocycles. The quantitative estimate of drug-likeness (QED) is 0.419. The van der Waals surface area contributed by atoms with E-state index in [-0.39, 0.29) is 16.5 Å². The van der Waals surface area contributed by atoms with E-state index in [1.807, 2.05) is 0 Å². The molecule has 0 saturated carbocycles. The maximum absolute atomic E-state index is 12.7. The Hall–Kier alpha value is -3.21. The Morgan fingerprint density at radius 2 is 1.60 bits per heavy atom. The Kier molecular flexibility index (Phi) is 5.66. The van der Waals surface area contributed by atoms with E-state index in [4.69, 9.17) is 11.6 Å². The van der Waals surface area contributed by atoms with Gasteiger partial charge < -0.3 is 4.57 Å². The van der Waals surface area contributed by atoms with Crippen LogP contribution in [0.4, 0.5) is 32.2 Å². The summed E-state index contributed by atoms with van der Waals surface area (Å²) in [6.07, 6.45) is -7.11. The molecule has 0 radical (unpaired) electrons. The van der Waals surface area contributed by atoms with Crippen LogP contribution in [-0.2, 0) is 12.4 Å². The van der Waals surface area contributed by atoms with Gasteiger partial charge in [-0.1, -0.05) is 11.6 Å². The molecule has 0 unspecified atom stereocenters. The van der Waals surface area contributed by atoms with Crippen LogP contribution in [0.2, 0.25) is 5.02 Å². The number of carbonyl (C=O) groups is 1. The van der Waals surface area contributed by atoms with Crippen molar-refractivity contribution in [1.82, 2.24) is 15.0 Å². The van der Waals surface area contributed by atoms with Crippen molar-refractivity contribution in [2.75, 3.05) is 5.43 Å². The predicted molar refractivity (Wildman–Crippen MR) is 96.1 cm³/mol. The Bertz CT molecular complexity index is 1060. The molecule has 0 atom stereocenters. The van der Waals surface area contributed by atoms with E-state index in [9.17, 15) is 31.1 Å². The Balaban J connectivity index is 1.75. The lowest BCUT2D eigenvalue weighted by molar-refractivity contribution is -0.138. The van der Waals surface area contributed by atoms with Gasteiger partial charge in [0.05, 0.1) is 16.1 Å². The first-order valence-corrected chi connectivity index (χ1v) is 8.48. The number of anilines is 1. The summed E-state index contributed by atoms with van der Waals surface area (Å²) >= 11 is 5.75. The van der Waals surface area contributed by atoms with Crippen LogP contribution in [0.1, 0.15) is 21.6 Å². The maximum Gasteiger partial charge on any atom is 0.417 e. The van der Waals surface area contributed by atoms with E-state index in [0.717, 1.165) is 12.1 Å². The number of carbonyl (C=O) groups excluding carboxylic acids is 1. The second-order valence-electron chi connectivity index (χ2n) is 5.94. The lowest BCUT2D eigenvalue weighted by Gasteiger charge is -2.13. The van der Waals surface area contributed by atoms with E-state index in [1.165, 1.54) is 35.0 Å². The van der Waals surface area contributed by atoms with E-state index in [1.54, 1.807) is 0 Å². The van der Waals surface area contributed by atoms with Crippen LogP contribution in [0.25, 0.3) is 5.69 Å². The summed E-state index contributed by atoms with van der Waals surface area (Å²) in [6.45, 7) is 0. The zero-order valence-corrected chi connectivity index (χ0v) is 15.4. The highest BCUT2D eigenvalue weighted by Crippen LogP contribution is 2.32. The van der Waals surface area contributed by atoms with Gasteiger partial charge in [0.1, 0.15) is 5.69 Å². The number of nitrogens with one attached hydrogen (secondary N) is 2. The lowest BCUT2D eigenvalue weighted by Crippen LogP contribution is -2.31. The van der Waals surface area contributed by atoms with Gasteiger partial charge in [0.2, 0.25) is 0 Å². The van der Waals surface area contributed by atoms with E-state index < -0.39 is 29.4 Å². The van der Waals surface area contributed by atoms with Crippen LogP contribution in [0.3, 0.4) is 0 Å². The molecule has 0 spiro atoms. The van der Waals surface area contributed by atoms with Crippen molar-refractivity contribution in [2.45, 2.75) is 12.4 Å². The highest BCUT2D eigenvalue weighted by molar-refractivity contribution is 6.33. The molecule has 2 aromatic heterocycles. The van der Waals surface area contributed by atoms with Crippen LogP contribution in [0.5, 0.6) is 0 Å². The standard InChI is InChI=1S/C18H11ClF6N4O/c19-13-8-11(18(23,24)25)9-26-15(13)27-28-16(30)14-2-1-7-29(14)12-5-3-10(4-6-12)17(20,21)22/h1-9H,(H,26,27)(H,28,30). The van der Waals surface area contributed by atoms with E-state index in [2.05, 4.69) is 15.8 Å². The molecule has 0 aliphatic heterocycles. The minimum atomic E-state index is -4.62. The fraction of sp³-hybridized carbons (Fsp3) is 0.111. The van der Waals surface area contributed by atoms with Crippen LogP contribution >= 0.6 is 11.6 Å². The number of halogens is 7. The number of hydrogen-bond acceptors (Lipinski definition) is 3. The summed E-state index contributed by atoms with van der Waals surface area (Å²) in [5, 5.41) is -0.372. The van der Waals surface area contributed by atoms with Gasteiger partial charge in [-0.3, -0.25) is 15.6 Å². The first-order chi connectivity index (χ1) is 14.0. The van der Waals surface area contributed by atoms with Gasteiger partial charge in [0, 0.05) is 18.1 Å². The van der Waals surface area contributed by atoms with Crippen LogP contribution < -0.4 is 10.9 Å². The third-order valence-electron chi connectivity index (χ3n) is 3.92. The summed E-state index contributed by atoms with van der Waals surface area (Å²) in [5.41, 5.74) is 2.99. The van der Waals surface area contributed by atoms with Gasteiger partial charge in [0.15, 0.2) is 5.82 Å². The maximum atomic E-state index is 12.7. The fourth-order valence-corrected chi connectivity index (χ4v) is 2.68. The number of nitrogens with zero attached hydrogens (tertiary/aromatic N) is 2. The average Bonchev–Trinajstić information content (AvgIpc) is 3.15. The topological polar surface area (TPSA) is 59.0 Å². The third kappa shape index (κ3) is 4.67. The number of pyridine rings is 1. The Labute approximate surface area is 170 Å². The van der Waals surface area contributed by atoms with Gasteiger partial charge in [0.25, 0.3) is 5.91 Å². The van der Waals surface area contributed by atoms with Crippen molar-refractivity contribution in [3.8, 4) is 5.69 Å². The van der Waals surface area contributed by atoms with E-state index in [0.29, 0.717) is 18.0 Å². The lowest BCUT2D eigenvalue weighted by atomic mass is 10.2. The molecular formula is C18H11ClF6N4O. The zero-order valence-electron chi connectivity index (χ0n) is 14.6. The normalized spacial score (nSPS) is 12.0. The molecular weight excluding hydrogens is 438 g/mol.